The Labute approximate surface area is 91.2 Å². The van der Waals surface area contributed by atoms with Crippen LogP contribution in [0.4, 0.5) is 5.82 Å². The third-order valence-corrected chi connectivity index (χ3v) is 2.38. The van der Waals surface area contributed by atoms with Crippen molar-refractivity contribution in [1.82, 2.24) is 14.4 Å². The van der Waals surface area contributed by atoms with Crippen LogP contribution in [0, 0.1) is 0 Å². The van der Waals surface area contributed by atoms with Crippen molar-refractivity contribution in [2.75, 3.05) is 18.6 Å². The van der Waals surface area contributed by atoms with Crippen LogP contribution in [0.1, 0.15) is 0 Å². The van der Waals surface area contributed by atoms with E-state index in [0.29, 0.717) is 30.6 Å². The number of rotatable bonds is 3. The first-order valence-electron chi connectivity index (χ1n) is 4.91. The molecule has 1 saturated heterocycles. The molecule has 0 saturated carbocycles. The van der Waals surface area contributed by atoms with Crippen molar-refractivity contribution >= 4 is 11.5 Å². The van der Waals surface area contributed by atoms with Crippen LogP contribution >= 0.6 is 0 Å². The Morgan fingerprint density at radius 3 is 3.12 bits per heavy atom. The topological polar surface area (TPSA) is 86.7 Å². The Hall–Kier alpha value is -1.86. The minimum atomic E-state index is 0.0565. The average Bonchev–Trinajstić information content (AvgIpc) is 2.70. The van der Waals surface area contributed by atoms with Gasteiger partial charge in [-0.25, -0.2) is 10.8 Å². The predicted octanol–water partition coefficient (Wildman–Crippen LogP) is -0.208. The van der Waals surface area contributed by atoms with Crippen LogP contribution in [0.5, 0.6) is 5.88 Å². The number of hydrazine groups is 1. The number of hydrogen-bond donors (Lipinski definition) is 2. The van der Waals surface area contributed by atoms with Gasteiger partial charge in [-0.1, -0.05) is 0 Å². The number of anilines is 1. The van der Waals surface area contributed by atoms with Gasteiger partial charge in [0, 0.05) is 12.4 Å². The van der Waals surface area contributed by atoms with Gasteiger partial charge in [-0.15, -0.1) is 0 Å². The molecule has 0 unspecified atom stereocenters. The van der Waals surface area contributed by atoms with Crippen molar-refractivity contribution < 1.29 is 9.47 Å². The average molecular weight is 221 g/mol. The molecule has 2 aromatic rings. The third-order valence-electron chi connectivity index (χ3n) is 2.38. The van der Waals surface area contributed by atoms with E-state index in [1.807, 2.05) is 6.20 Å². The van der Waals surface area contributed by atoms with Crippen LogP contribution in [0.3, 0.4) is 0 Å². The minimum Gasteiger partial charge on any atom is -0.467 e. The van der Waals surface area contributed by atoms with Crippen molar-refractivity contribution in [3.05, 3.63) is 18.6 Å². The summed E-state index contributed by atoms with van der Waals surface area (Å²) in [5, 5.41) is 0. The highest BCUT2D eigenvalue weighted by Gasteiger charge is 2.22. The number of nitrogen functional groups attached to an aromatic ring is 1. The molecule has 7 nitrogen and oxygen atoms in total. The lowest BCUT2D eigenvalue weighted by atomic mass is 10.3. The standard InChI is InChI=1S/C9H11N5O2/c10-13-7-3-14-2-1-11-8(14)9(12-7)16-6-4-15-5-6/h1-3,6,13H,4-5,10H2. The Balaban J connectivity index is 2.01. The second-order valence-electron chi connectivity index (χ2n) is 3.51. The molecule has 0 spiro atoms. The van der Waals surface area contributed by atoms with E-state index < -0.39 is 0 Å². The second-order valence-corrected chi connectivity index (χ2v) is 3.51. The summed E-state index contributed by atoms with van der Waals surface area (Å²) in [5.74, 6) is 6.32. The molecule has 16 heavy (non-hydrogen) atoms. The molecule has 0 radical (unpaired) electrons. The summed E-state index contributed by atoms with van der Waals surface area (Å²) < 4.78 is 12.5. The molecule has 1 aliphatic rings. The van der Waals surface area contributed by atoms with Gasteiger partial charge in [0.25, 0.3) is 5.88 Å². The first-order valence-corrected chi connectivity index (χ1v) is 4.91. The van der Waals surface area contributed by atoms with Gasteiger partial charge in [0.1, 0.15) is 6.10 Å². The monoisotopic (exact) mass is 221 g/mol. The molecule has 0 aromatic carbocycles. The number of aromatic nitrogens is 3. The summed E-state index contributed by atoms with van der Waals surface area (Å²) in [5.41, 5.74) is 3.16. The predicted molar refractivity (Wildman–Crippen MR) is 56.0 cm³/mol. The zero-order valence-corrected chi connectivity index (χ0v) is 8.46. The maximum absolute atomic E-state index is 5.65. The second kappa shape index (κ2) is 3.62. The summed E-state index contributed by atoms with van der Waals surface area (Å²) in [6.45, 7) is 1.18. The molecule has 0 atom stereocenters. The van der Waals surface area contributed by atoms with Crippen molar-refractivity contribution in [3.63, 3.8) is 0 Å². The molecule has 3 heterocycles. The van der Waals surface area contributed by atoms with Crippen LogP contribution < -0.4 is 16.0 Å². The molecule has 3 rings (SSSR count). The molecule has 84 valence electrons. The van der Waals surface area contributed by atoms with E-state index in [1.54, 1.807) is 16.8 Å². The van der Waals surface area contributed by atoms with Crippen molar-refractivity contribution in [3.8, 4) is 5.88 Å². The minimum absolute atomic E-state index is 0.0565. The molecular weight excluding hydrogens is 210 g/mol. The summed E-state index contributed by atoms with van der Waals surface area (Å²) in [7, 11) is 0. The van der Waals surface area contributed by atoms with E-state index in [0.717, 1.165) is 0 Å². The number of nitrogens with one attached hydrogen (secondary N) is 1. The normalized spacial score (nSPS) is 16.1. The highest BCUT2D eigenvalue weighted by atomic mass is 16.6. The molecule has 0 amide bonds. The van der Waals surface area contributed by atoms with Crippen molar-refractivity contribution in [2.45, 2.75) is 6.10 Å². The Kier molecular flexibility index (Phi) is 2.12. The van der Waals surface area contributed by atoms with E-state index in [9.17, 15) is 0 Å². The largest absolute Gasteiger partial charge is 0.467 e. The quantitative estimate of drug-likeness (QED) is 0.551. The van der Waals surface area contributed by atoms with E-state index in [-0.39, 0.29) is 6.10 Å². The molecule has 0 aliphatic carbocycles. The van der Waals surface area contributed by atoms with E-state index in [1.165, 1.54) is 0 Å². The van der Waals surface area contributed by atoms with E-state index in [4.69, 9.17) is 15.3 Å². The highest BCUT2D eigenvalue weighted by molar-refractivity contribution is 5.53. The molecule has 3 N–H and O–H groups in total. The van der Waals surface area contributed by atoms with Crippen LogP contribution in [-0.4, -0.2) is 33.7 Å². The maximum atomic E-state index is 5.65. The number of nitrogens with two attached hydrogens (primary N) is 1. The highest BCUT2D eigenvalue weighted by Crippen LogP contribution is 2.21. The van der Waals surface area contributed by atoms with Crippen LogP contribution in [-0.2, 0) is 4.74 Å². The van der Waals surface area contributed by atoms with Gasteiger partial charge in [0.2, 0.25) is 5.65 Å². The lowest BCUT2D eigenvalue weighted by Gasteiger charge is -2.26. The fraction of sp³-hybridized carbons (Fsp3) is 0.333. The maximum Gasteiger partial charge on any atom is 0.260 e. The number of nitrogens with zero attached hydrogens (tertiary/aromatic N) is 3. The Morgan fingerprint density at radius 2 is 2.44 bits per heavy atom. The first kappa shape index (κ1) is 9.37. The van der Waals surface area contributed by atoms with Crippen LogP contribution in [0.15, 0.2) is 18.6 Å². The summed E-state index contributed by atoms with van der Waals surface area (Å²) >= 11 is 0. The van der Waals surface area contributed by atoms with Gasteiger partial charge in [-0.2, -0.15) is 4.98 Å². The van der Waals surface area contributed by atoms with E-state index >= 15 is 0 Å². The first-order chi connectivity index (χ1) is 7.86. The molecule has 2 aromatic heterocycles. The molecule has 0 bridgehead atoms. The number of ether oxygens (including phenoxy) is 2. The van der Waals surface area contributed by atoms with Crippen LogP contribution in [0.25, 0.3) is 5.65 Å². The SMILES string of the molecule is NNc1cn2ccnc2c(OC2COC2)n1. The smallest absolute Gasteiger partial charge is 0.260 e. The Morgan fingerprint density at radius 1 is 1.56 bits per heavy atom. The van der Waals surface area contributed by atoms with E-state index in [2.05, 4.69) is 15.4 Å². The van der Waals surface area contributed by atoms with Gasteiger partial charge >= 0.3 is 0 Å². The number of imidazole rings is 1. The van der Waals surface area contributed by atoms with Gasteiger partial charge in [-0.05, 0) is 0 Å². The number of hydrogen-bond acceptors (Lipinski definition) is 6. The zero-order chi connectivity index (χ0) is 11.0. The van der Waals surface area contributed by atoms with Crippen molar-refractivity contribution in [2.24, 2.45) is 5.84 Å². The summed E-state index contributed by atoms with van der Waals surface area (Å²) in [6.07, 6.45) is 5.29. The van der Waals surface area contributed by atoms with Gasteiger partial charge < -0.3 is 14.9 Å². The zero-order valence-electron chi connectivity index (χ0n) is 8.46. The lowest BCUT2D eigenvalue weighted by molar-refractivity contribution is -0.0808. The van der Waals surface area contributed by atoms with Gasteiger partial charge in [-0.3, -0.25) is 4.40 Å². The molecule has 1 aliphatic heterocycles. The fourth-order valence-electron chi connectivity index (χ4n) is 1.49. The number of fused-ring (bicyclic) bond motifs is 1. The molecule has 7 heteroatoms. The van der Waals surface area contributed by atoms with Crippen molar-refractivity contribution in [1.29, 1.82) is 0 Å². The molecule has 1 fully saturated rings. The summed E-state index contributed by atoms with van der Waals surface area (Å²) in [4.78, 5) is 8.39. The Bertz CT molecular complexity index is 508. The van der Waals surface area contributed by atoms with Gasteiger partial charge in [0.15, 0.2) is 5.82 Å². The third kappa shape index (κ3) is 1.46. The molecular formula is C9H11N5O2. The lowest BCUT2D eigenvalue weighted by Crippen LogP contribution is -2.39. The fourth-order valence-corrected chi connectivity index (χ4v) is 1.49. The summed E-state index contributed by atoms with van der Waals surface area (Å²) in [6, 6.07) is 0. The van der Waals surface area contributed by atoms with Gasteiger partial charge in [0.05, 0.1) is 19.4 Å². The van der Waals surface area contributed by atoms with Crippen LogP contribution in [0.2, 0.25) is 0 Å².